The Morgan fingerprint density at radius 2 is 1.68 bits per heavy atom. The maximum atomic E-state index is 12.8. The van der Waals surface area contributed by atoms with Gasteiger partial charge in [-0.3, -0.25) is 4.79 Å². The number of nitrogens with one attached hydrogen (secondary N) is 1. The van der Waals surface area contributed by atoms with Gasteiger partial charge in [0.15, 0.2) is 11.4 Å². The van der Waals surface area contributed by atoms with Crippen LogP contribution >= 0.6 is 0 Å². The first kappa shape index (κ1) is 19.2. The third kappa shape index (κ3) is 4.37. The first-order valence-electron chi connectivity index (χ1n) is 8.74. The van der Waals surface area contributed by atoms with E-state index in [1.807, 2.05) is 60.7 Å². The van der Waals surface area contributed by atoms with Gasteiger partial charge in [-0.05, 0) is 17.7 Å². The maximum absolute atomic E-state index is 12.8. The van der Waals surface area contributed by atoms with E-state index in [2.05, 4.69) is 10.4 Å². The van der Waals surface area contributed by atoms with Crippen LogP contribution in [0.1, 0.15) is 16.1 Å². The molecular weight excluding hydrogens is 358 g/mol. The molecule has 1 heterocycles. The quantitative estimate of drug-likeness (QED) is 0.638. The lowest BCUT2D eigenvalue weighted by atomic mass is 10.1. The van der Waals surface area contributed by atoms with Gasteiger partial charge in [0, 0.05) is 6.42 Å². The lowest BCUT2D eigenvalue weighted by Gasteiger charge is -2.16. The molecule has 7 heteroatoms. The molecule has 1 unspecified atom stereocenters. The summed E-state index contributed by atoms with van der Waals surface area (Å²) in [5, 5.41) is 7.03. The minimum absolute atomic E-state index is 0.0910. The Bertz CT molecular complexity index is 939. The topological polar surface area (TPSA) is 82.5 Å². The van der Waals surface area contributed by atoms with Gasteiger partial charge < -0.3 is 14.8 Å². The molecule has 1 aromatic heterocycles. The lowest BCUT2D eigenvalue weighted by Crippen LogP contribution is -2.43. The molecule has 28 heavy (non-hydrogen) atoms. The Morgan fingerprint density at radius 3 is 2.29 bits per heavy atom. The third-order valence-electron chi connectivity index (χ3n) is 4.21. The van der Waals surface area contributed by atoms with Gasteiger partial charge in [-0.15, -0.1) is 0 Å². The fourth-order valence-corrected chi connectivity index (χ4v) is 2.79. The molecule has 3 rings (SSSR count). The molecule has 0 aliphatic heterocycles. The SMILES string of the molecule is COC(=O)C(Cc1ccccc1)NC(=O)c1nn(-c2ccccc2)cc1OC. The summed E-state index contributed by atoms with van der Waals surface area (Å²) >= 11 is 0. The zero-order valence-corrected chi connectivity index (χ0v) is 15.7. The number of carbonyl (C=O) groups excluding carboxylic acids is 2. The van der Waals surface area contributed by atoms with Crippen molar-refractivity contribution >= 4 is 11.9 Å². The number of hydrogen-bond acceptors (Lipinski definition) is 5. The van der Waals surface area contributed by atoms with Crippen LogP contribution in [0.15, 0.2) is 66.9 Å². The van der Waals surface area contributed by atoms with Crippen LogP contribution in [0.4, 0.5) is 0 Å². The number of carbonyl (C=O) groups is 2. The van der Waals surface area contributed by atoms with E-state index in [9.17, 15) is 9.59 Å². The first-order valence-corrected chi connectivity index (χ1v) is 8.74. The van der Waals surface area contributed by atoms with Crippen molar-refractivity contribution in [1.29, 1.82) is 0 Å². The van der Waals surface area contributed by atoms with Gasteiger partial charge in [0.25, 0.3) is 5.91 Å². The Morgan fingerprint density at radius 1 is 1.04 bits per heavy atom. The fraction of sp³-hybridized carbons (Fsp3) is 0.190. The van der Waals surface area contributed by atoms with E-state index in [1.54, 1.807) is 10.9 Å². The van der Waals surface area contributed by atoms with Crippen molar-refractivity contribution in [3.63, 3.8) is 0 Å². The first-order chi connectivity index (χ1) is 13.6. The number of para-hydroxylation sites is 1. The van der Waals surface area contributed by atoms with Crippen molar-refractivity contribution in [3.8, 4) is 11.4 Å². The highest BCUT2D eigenvalue weighted by molar-refractivity contribution is 5.97. The van der Waals surface area contributed by atoms with E-state index in [1.165, 1.54) is 14.2 Å². The molecule has 144 valence electrons. The molecule has 1 N–H and O–H groups in total. The molecule has 0 saturated heterocycles. The number of amides is 1. The zero-order chi connectivity index (χ0) is 19.9. The fourth-order valence-electron chi connectivity index (χ4n) is 2.79. The van der Waals surface area contributed by atoms with Gasteiger partial charge in [0.05, 0.1) is 26.1 Å². The second-order valence-corrected chi connectivity index (χ2v) is 6.07. The van der Waals surface area contributed by atoms with Gasteiger partial charge in [-0.25, -0.2) is 9.48 Å². The summed E-state index contributed by atoms with van der Waals surface area (Å²) in [7, 11) is 2.75. The highest BCUT2D eigenvalue weighted by atomic mass is 16.5. The number of esters is 1. The largest absolute Gasteiger partial charge is 0.493 e. The number of rotatable bonds is 7. The Kier molecular flexibility index (Phi) is 6.06. The predicted molar refractivity (Wildman–Crippen MR) is 104 cm³/mol. The molecule has 1 atom stereocenters. The summed E-state index contributed by atoms with van der Waals surface area (Å²) in [5.74, 6) is -0.735. The zero-order valence-electron chi connectivity index (χ0n) is 15.7. The van der Waals surface area contributed by atoms with Crippen LogP contribution in [0.3, 0.4) is 0 Å². The Hall–Kier alpha value is -3.61. The summed E-state index contributed by atoms with van der Waals surface area (Å²) in [6.45, 7) is 0. The monoisotopic (exact) mass is 379 g/mol. The molecule has 0 bridgehead atoms. The van der Waals surface area contributed by atoms with Gasteiger partial charge in [0.1, 0.15) is 6.04 Å². The molecule has 0 saturated carbocycles. The van der Waals surface area contributed by atoms with E-state index >= 15 is 0 Å². The highest BCUT2D eigenvalue weighted by Gasteiger charge is 2.26. The number of nitrogens with zero attached hydrogens (tertiary/aromatic N) is 2. The molecule has 2 aromatic carbocycles. The smallest absolute Gasteiger partial charge is 0.328 e. The molecule has 0 aliphatic rings. The van der Waals surface area contributed by atoms with Crippen molar-refractivity contribution in [3.05, 3.63) is 78.1 Å². The Labute approximate surface area is 162 Å². The van der Waals surface area contributed by atoms with Crippen molar-refractivity contribution in [2.45, 2.75) is 12.5 Å². The minimum Gasteiger partial charge on any atom is -0.493 e. The van der Waals surface area contributed by atoms with Gasteiger partial charge in [-0.2, -0.15) is 5.10 Å². The average Bonchev–Trinajstić information content (AvgIpc) is 3.19. The molecule has 0 spiro atoms. The van der Waals surface area contributed by atoms with E-state index in [0.29, 0.717) is 12.2 Å². The standard InChI is InChI=1S/C21H21N3O4/c1-27-18-14-24(16-11-7-4-8-12-16)23-19(18)20(25)22-17(21(26)28-2)13-15-9-5-3-6-10-15/h3-12,14,17H,13H2,1-2H3,(H,22,25). The van der Waals surface area contributed by atoms with Gasteiger partial charge in [0.2, 0.25) is 0 Å². The summed E-state index contributed by atoms with van der Waals surface area (Å²) in [4.78, 5) is 25.0. The number of aromatic nitrogens is 2. The van der Waals surface area contributed by atoms with Crippen LogP contribution in [0, 0.1) is 0 Å². The summed E-state index contributed by atoms with van der Waals surface area (Å²) in [5.41, 5.74) is 1.78. The van der Waals surface area contributed by atoms with Crippen molar-refractivity contribution in [2.75, 3.05) is 14.2 Å². The number of ether oxygens (including phenoxy) is 2. The van der Waals surface area contributed by atoms with E-state index < -0.39 is 17.9 Å². The van der Waals surface area contributed by atoms with Crippen LogP contribution < -0.4 is 10.1 Å². The van der Waals surface area contributed by atoms with Crippen LogP contribution in [-0.4, -0.2) is 41.9 Å². The van der Waals surface area contributed by atoms with E-state index in [0.717, 1.165) is 11.3 Å². The van der Waals surface area contributed by atoms with Crippen LogP contribution in [-0.2, 0) is 16.0 Å². The normalized spacial score (nSPS) is 11.5. The van der Waals surface area contributed by atoms with Gasteiger partial charge >= 0.3 is 5.97 Å². The summed E-state index contributed by atoms with van der Waals surface area (Å²) in [6, 6.07) is 17.9. The molecule has 0 aliphatic carbocycles. The second kappa shape index (κ2) is 8.85. The van der Waals surface area contributed by atoms with Gasteiger partial charge in [-0.1, -0.05) is 48.5 Å². The number of hydrogen-bond donors (Lipinski definition) is 1. The van der Waals surface area contributed by atoms with E-state index in [4.69, 9.17) is 9.47 Å². The van der Waals surface area contributed by atoms with Crippen LogP contribution in [0.2, 0.25) is 0 Å². The molecule has 3 aromatic rings. The third-order valence-corrected chi connectivity index (χ3v) is 4.21. The van der Waals surface area contributed by atoms with Crippen molar-refractivity contribution in [1.82, 2.24) is 15.1 Å². The van der Waals surface area contributed by atoms with Crippen LogP contribution in [0.5, 0.6) is 5.75 Å². The second-order valence-electron chi connectivity index (χ2n) is 6.07. The van der Waals surface area contributed by atoms with E-state index in [-0.39, 0.29) is 5.69 Å². The maximum Gasteiger partial charge on any atom is 0.328 e. The average molecular weight is 379 g/mol. The predicted octanol–water partition coefficient (Wildman–Crippen LogP) is 2.40. The van der Waals surface area contributed by atoms with Crippen molar-refractivity contribution in [2.24, 2.45) is 0 Å². The number of methoxy groups -OCH3 is 2. The van der Waals surface area contributed by atoms with Crippen LogP contribution in [0.25, 0.3) is 5.69 Å². The number of benzene rings is 2. The lowest BCUT2D eigenvalue weighted by molar-refractivity contribution is -0.142. The Balaban J connectivity index is 1.83. The molecule has 7 nitrogen and oxygen atoms in total. The molecular formula is C21H21N3O4. The molecule has 0 radical (unpaired) electrons. The summed E-state index contributed by atoms with van der Waals surface area (Å²) in [6.07, 6.45) is 1.93. The molecule has 1 amide bonds. The minimum atomic E-state index is -0.841. The molecule has 0 fully saturated rings. The highest BCUT2D eigenvalue weighted by Crippen LogP contribution is 2.19. The van der Waals surface area contributed by atoms with Crippen molar-refractivity contribution < 1.29 is 19.1 Å². The summed E-state index contributed by atoms with van der Waals surface area (Å²) < 4.78 is 11.7.